The highest BCUT2D eigenvalue weighted by Crippen LogP contribution is 2.21. The van der Waals surface area contributed by atoms with Crippen LogP contribution >= 0.6 is 0 Å². The van der Waals surface area contributed by atoms with Gasteiger partial charge in [0.1, 0.15) is 6.54 Å². The molecule has 0 spiro atoms. The molecule has 3 aromatic rings. The monoisotopic (exact) mass is 448 g/mol. The molecule has 0 unspecified atom stereocenters. The van der Waals surface area contributed by atoms with Crippen molar-refractivity contribution in [3.8, 4) is 0 Å². The van der Waals surface area contributed by atoms with E-state index >= 15 is 0 Å². The highest BCUT2D eigenvalue weighted by Gasteiger charge is 2.20. The summed E-state index contributed by atoms with van der Waals surface area (Å²) in [6, 6.07) is 10.8. The standard InChI is InChI=1S/C25H28N4O4/c30-23(28-11-2-1-3-12-28)16-29-21-14-20(8-9-22(21)33-25(29)32)27-24(31)18-6-7-19-15-26-10-4-5-17(19)13-18/h6-9,13-14,26H,1-5,10-12,15-16H2,(H,27,31). The Labute approximate surface area is 191 Å². The molecule has 0 aliphatic carbocycles. The molecule has 2 aliphatic heterocycles. The zero-order valence-electron chi connectivity index (χ0n) is 18.6. The maximum atomic E-state index is 12.9. The van der Waals surface area contributed by atoms with Gasteiger partial charge in [-0.15, -0.1) is 0 Å². The van der Waals surface area contributed by atoms with Gasteiger partial charge < -0.3 is 20.0 Å². The van der Waals surface area contributed by atoms with E-state index in [-0.39, 0.29) is 18.4 Å². The van der Waals surface area contributed by atoms with Crippen LogP contribution in [0.4, 0.5) is 5.69 Å². The molecule has 1 aromatic heterocycles. The number of hydrogen-bond donors (Lipinski definition) is 2. The van der Waals surface area contributed by atoms with Crippen LogP contribution in [0.25, 0.3) is 11.1 Å². The number of carbonyl (C=O) groups excluding carboxylic acids is 2. The fourth-order valence-corrected chi connectivity index (χ4v) is 4.67. The van der Waals surface area contributed by atoms with E-state index in [1.54, 1.807) is 23.1 Å². The van der Waals surface area contributed by atoms with Gasteiger partial charge in [0.25, 0.3) is 5.91 Å². The van der Waals surface area contributed by atoms with E-state index in [9.17, 15) is 14.4 Å². The lowest BCUT2D eigenvalue weighted by Gasteiger charge is -2.26. The SMILES string of the molecule is O=C(Nc1ccc2oc(=O)n(CC(=O)N3CCCCC3)c2c1)c1ccc2c(c1)CCCNC2. The maximum absolute atomic E-state index is 12.9. The van der Waals surface area contributed by atoms with Crippen molar-refractivity contribution in [1.82, 2.24) is 14.8 Å². The van der Waals surface area contributed by atoms with Crippen LogP contribution in [-0.2, 0) is 24.3 Å². The Morgan fingerprint density at radius 3 is 2.70 bits per heavy atom. The molecular weight excluding hydrogens is 420 g/mol. The van der Waals surface area contributed by atoms with Crippen LogP contribution in [-0.4, -0.2) is 40.9 Å². The number of nitrogens with one attached hydrogen (secondary N) is 2. The molecule has 33 heavy (non-hydrogen) atoms. The summed E-state index contributed by atoms with van der Waals surface area (Å²) in [7, 11) is 0. The maximum Gasteiger partial charge on any atom is 0.420 e. The van der Waals surface area contributed by atoms with E-state index in [4.69, 9.17) is 4.42 Å². The molecule has 0 atom stereocenters. The molecule has 0 saturated carbocycles. The van der Waals surface area contributed by atoms with Gasteiger partial charge in [-0.2, -0.15) is 0 Å². The molecule has 2 aliphatic rings. The number of fused-ring (bicyclic) bond motifs is 2. The first kappa shape index (κ1) is 21.5. The topological polar surface area (TPSA) is 96.6 Å². The number of likely N-dealkylation sites (tertiary alicyclic amines) is 1. The van der Waals surface area contributed by atoms with Crippen molar-refractivity contribution < 1.29 is 14.0 Å². The van der Waals surface area contributed by atoms with Crippen molar-refractivity contribution in [2.45, 2.75) is 45.2 Å². The Kier molecular flexibility index (Phi) is 6.00. The van der Waals surface area contributed by atoms with E-state index < -0.39 is 5.76 Å². The molecule has 2 amide bonds. The summed E-state index contributed by atoms with van der Waals surface area (Å²) in [6.07, 6.45) is 5.09. The summed E-state index contributed by atoms with van der Waals surface area (Å²) in [5.41, 5.74) is 4.46. The number of oxazole rings is 1. The number of nitrogens with zero attached hydrogens (tertiary/aromatic N) is 2. The molecule has 2 N–H and O–H groups in total. The van der Waals surface area contributed by atoms with Gasteiger partial charge in [-0.25, -0.2) is 4.79 Å². The van der Waals surface area contributed by atoms with E-state index in [0.29, 0.717) is 22.4 Å². The summed E-state index contributed by atoms with van der Waals surface area (Å²) in [5, 5.41) is 6.31. The normalized spacial score (nSPS) is 16.3. The second-order valence-corrected chi connectivity index (χ2v) is 8.80. The Hall–Kier alpha value is -3.39. The molecule has 5 rings (SSSR count). The first-order valence-electron chi connectivity index (χ1n) is 11.6. The van der Waals surface area contributed by atoms with Crippen molar-refractivity contribution in [3.05, 3.63) is 63.6 Å². The third-order valence-corrected chi connectivity index (χ3v) is 6.51. The van der Waals surface area contributed by atoms with Gasteiger partial charge in [0.05, 0.1) is 5.52 Å². The molecule has 0 radical (unpaired) electrons. The van der Waals surface area contributed by atoms with Gasteiger partial charge in [0, 0.05) is 30.9 Å². The van der Waals surface area contributed by atoms with E-state index in [0.717, 1.165) is 58.3 Å². The molecule has 1 fully saturated rings. The van der Waals surface area contributed by atoms with E-state index in [1.807, 2.05) is 18.2 Å². The number of aromatic nitrogens is 1. The smallest absolute Gasteiger partial charge is 0.408 e. The number of carbonyl (C=O) groups is 2. The van der Waals surface area contributed by atoms with E-state index in [2.05, 4.69) is 10.6 Å². The average molecular weight is 449 g/mol. The number of piperidine rings is 1. The summed E-state index contributed by atoms with van der Waals surface area (Å²) in [5.74, 6) is -0.872. The van der Waals surface area contributed by atoms with Crippen LogP contribution in [0.5, 0.6) is 0 Å². The lowest BCUT2D eigenvalue weighted by Crippen LogP contribution is -2.39. The van der Waals surface area contributed by atoms with Crippen LogP contribution in [0.2, 0.25) is 0 Å². The van der Waals surface area contributed by atoms with Crippen LogP contribution in [0.1, 0.15) is 47.2 Å². The summed E-state index contributed by atoms with van der Waals surface area (Å²) >= 11 is 0. The summed E-state index contributed by atoms with van der Waals surface area (Å²) < 4.78 is 6.67. The molecule has 2 aromatic carbocycles. The largest absolute Gasteiger partial charge is 0.420 e. The lowest BCUT2D eigenvalue weighted by molar-refractivity contribution is -0.132. The average Bonchev–Trinajstić information content (AvgIpc) is 2.99. The molecule has 0 bridgehead atoms. The first-order chi connectivity index (χ1) is 16.1. The first-order valence-corrected chi connectivity index (χ1v) is 11.6. The number of aryl methyl sites for hydroxylation is 1. The molecular formula is C25H28N4O4. The fraction of sp³-hybridized carbons (Fsp3) is 0.400. The molecule has 8 nitrogen and oxygen atoms in total. The van der Waals surface area contributed by atoms with Crippen molar-refractivity contribution >= 4 is 28.6 Å². The Morgan fingerprint density at radius 2 is 1.85 bits per heavy atom. The van der Waals surface area contributed by atoms with Crippen molar-refractivity contribution in [3.63, 3.8) is 0 Å². The van der Waals surface area contributed by atoms with Gasteiger partial charge in [0.2, 0.25) is 5.91 Å². The molecule has 3 heterocycles. The minimum Gasteiger partial charge on any atom is -0.408 e. The Morgan fingerprint density at radius 1 is 1.00 bits per heavy atom. The Bertz CT molecular complexity index is 1250. The second kappa shape index (κ2) is 9.23. The van der Waals surface area contributed by atoms with Gasteiger partial charge in [-0.1, -0.05) is 6.07 Å². The zero-order valence-corrected chi connectivity index (χ0v) is 18.6. The summed E-state index contributed by atoms with van der Waals surface area (Å²) in [6.45, 7) is 3.18. The minimum atomic E-state index is -0.571. The van der Waals surface area contributed by atoms with E-state index in [1.165, 1.54) is 15.7 Å². The van der Waals surface area contributed by atoms with Gasteiger partial charge in [0.15, 0.2) is 5.58 Å². The van der Waals surface area contributed by atoms with Crippen LogP contribution in [0, 0.1) is 0 Å². The number of amides is 2. The zero-order chi connectivity index (χ0) is 22.8. The van der Waals surface area contributed by atoms with Gasteiger partial charge in [-0.3, -0.25) is 14.2 Å². The summed E-state index contributed by atoms with van der Waals surface area (Å²) in [4.78, 5) is 39.8. The number of benzene rings is 2. The molecule has 172 valence electrons. The number of rotatable bonds is 4. The van der Waals surface area contributed by atoms with Crippen LogP contribution < -0.4 is 16.4 Å². The highest BCUT2D eigenvalue weighted by molar-refractivity contribution is 6.05. The van der Waals surface area contributed by atoms with Crippen LogP contribution in [0.15, 0.2) is 45.6 Å². The lowest BCUT2D eigenvalue weighted by atomic mass is 10.0. The molecule has 1 saturated heterocycles. The fourth-order valence-electron chi connectivity index (χ4n) is 4.67. The Balaban J connectivity index is 1.36. The predicted octanol–water partition coefficient (Wildman–Crippen LogP) is 2.90. The predicted molar refractivity (Wildman–Crippen MR) is 125 cm³/mol. The third kappa shape index (κ3) is 4.57. The molecule has 8 heteroatoms. The van der Waals surface area contributed by atoms with Crippen LogP contribution in [0.3, 0.4) is 0 Å². The minimum absolute atomic E-state index is 0.0674. The number of hydrogen-bond acceptors (Lipinski definition) is 5. The van der Waals surface area contributed by atoms with Crippen molar-refractivity contribution in [1.29, 1.82) is 0 Å². The number of anilines is 1. The highest BCUT2D eigenvalue weighted by atomic mass is 16.4. The third-order valence-electron chi connectivity index (χ3n) is 6.51. The van der Waals surface area contributed by atoms with Gasteiger partial charge in [-0.05, 0) is 80.1 Å². The van der Waals surface area contributed by atoms with Gasteiger partial charge >= 0.3 is 5.76 Å². The van der Waals surface area contributed by atoms with Crippen molar-refractivity contribution in [2.24, 2.45) is 0 Å². The second-order valence-electron chi connectivity index (χ2n) is 8.80. The van der Waals surface area contributed by atoms with Crippen molar-refractivity contribution in [2.75, 3.05) is 25.0 Å². The quantitative estimate of drug-likeness (QED) is 0.640.